The number of alkyl halides is 3. The summed E-state index contributed by atoms with van der Waals surface area (Å²) in [4.78, 5) is 30.2. The van der Waals surface area contributed by atoms with Crippen LogP contribution in [0.25, 0.3) is 0 Å². The Morgan fingerprint density at radius 2 is 1.62 bits per heavy atom. The van der Waals surface area contributed by atoms with Gasteiger partial charge in [0.1, 0.15) is 5.75 Å². The van der Waals surface area contributed by atoms with Gasteiger partial charge in [0, 0.05) is 42.9 Å². The SMILES string of the molecule is CC(C)Oc1ccc(C(=O)N2CCC3(CC2)c2ccc(C(=O)C(C)(C)C)n2CCN3C)cc1C(F)(F)F. The van der Waals surface area contributed by atoms with Crippen LogP contribution in [0.4, 0.5) is 13.2 Å². The molecular weight excluding hydrogens is 483 g/mol. The van der Waals surface area contributed by atoms with Gasteiger partial charge >= 0.3 is 6.18 Å². The van der Waals surface area contributed by atoms with Gasteiger partial charge in [-0.2, -0.15) is 13.2 Å². The lowest BCUT2D eigenvalue weighted by Gasteiger charge is -2.50. The van der Waals surface area contributed by atoms with E-state index in [1.165, 1.54) is 12.1 Å². The summed E-state index contributed by atoms with van der Waals surface area (Å²) < 4.78 is 48.6. The number of likely N-dealkylation sites (tertiary alicyclic amines) is 1. The van der Waals surface area contributed by atoms with E-state index in [0.29, 0.717) is 38.2 Å². The number of piperidine rings is 1. The van der Waals surface area contributed by atoms with Gasteiger partial charge in [-0.25, -0.2) is 0 Å². The molecule has 0 saturated carbocycles. The zero-order valence-electron chi connectivity index (χ0n) is 22.4. The fraction of sp³-hybridized carbons (Fsp3) is 0.571. The van der Waals surface area contributed by atoms with Crippen molar-refractivity contribution < 1.29 is 27.5 Å². The van der Waals surface area contributed by atoms with E-state index in [2.05, 4.69) is 16.5 Å². The number of hydrogen-bond donors (Lipinski definition) is 0. The Morgan fingerprint density at radius 3 is 2.19 bits per heavy atom. The number of ketones is 1. The van der Waals surface area contributed by atoms with Gasteiger partial charge < -0.3 is 14.2 Å². The van der Waals surface area contributed by atoms with Crippen LogP contribution in [0.3, 0.4) is 0 Å². The predicted molar refractivity (Wildman–Crippen MR) is 135 cm³/mol. The maximum Gasteiger partial charge on any atom is 0.419 e. The first kappa shape index (κ1) is 27.2. The minimum absolute atomic E-state index is 0.00202. The third-order valence-corrected chi connectivity index (χ3v) is 7.53. The summed E-state index contributed by atoms with van der Waals surface area (Å²) in [5.41, 5.74) is -0.00384. The Bertz CT molecular complexity index is 1190. The zero-order valence-corrected chi connectivity index (χ0v) is 22.4. The third kappa shape index (κ3) is 5.02. The Kier molecular flexibility index (Phi) is 6.99. The molecule has 202 valence electrons. The van der Waals surface area contributed by atoms with Crippen LogP contribution in [0.15, 0.2) is 30.3 Å². The number of rotatable bonds is 4. The fourth-order valence-electron chi connectivity index (χ4n) is 5.50. The molecule has 1 saturated heterocycles. The molecule has 0 unspecified atom stereocenters. The summed E-state index contributed by atoms with van der Waals surface area (Å²) in [6.45, 7) is 11.3. The zero-order chi connectivity index (χ0) is 27.3. The standard InChI is InChI=1S/C28H36F3N3O3/c1-18(2)37-22-9-7-19(17-20(22)28(29,30)31)25(36)33-13-11-27(12-14-33)23-10-8-21(24(35)26(3,4)5)34(23)16-15-32(27)6/h7-10,17-18H,11-16H2,1-6H3. The molecule has 0 aliphatic carbocycles. The molecule has 0 atom stereocenters. The van der Waals surface area contributed by atoms with E-state index in [9.17, 15) is 22.8 Å². The Balaban J connectivity index is 1.57. The second-order valence-electron chi connectivity index (χ2n) is 11.5. The van der Waals surface area contributed by atoms with E-state index in [-0.39, 0.29) is 22.6 Å². The smallest absolute Gasteiger partial charge is 0.419 e. The highest BCUT2D eigenvalue weighted by Gasteiger charge is 2.46. The Morgan fingerprint density at radius 1 is 0.973 bits per heavy atom. The molecule has 1 aromatic carbocycles. The largest absolute Gasteiger partial charge is 0.490 e. The molecule has 1 spiro atoms. The van der Waals surface area contributed by atoms with Crippen molar-refractivity contribution in [3.05, 3.63) is 52.8 Å². The lowest BCUT2D eigenvalue weighted by Crippen LogP contribution is -2.56. The molecule has 2 aliphatic rings. The molecule has 4 rings (SSSR count). The normalized spacial score (nSPS) is 18.3. The third-order valence-electron chi connectivity index (χ3n) is 7.53. The summed E-state index contributed by atoms with van der Waals surface area (Å²) in [7, 11) is 2.06. The maximum absolute atomic E-state index is 13.7. The van der Waals surface area contributed by atoms with Crippen molar-refractivity contribution in [2.45, 2.75) is 71.8 Å². The van der Waals surface area contributed by atoms with Crippen LogP contribution < -0.4 is 4.74 Å². The quantitative estimate of drug-likeness (QED) is 0.494. The molecule has 1 amide bonds. The molecular formula is C28H36F3N3O3. The number of Topliss-reactive ketones (excluding diaryl/α,β-unsaturated/α-hetero) is 1. The van der Waals surface area contributed by atoms with Gasteiger partial charge in [-0.1, -0.05) is 20.8 Å². The van der Waals surface area contributed by atoms with Crippen LogP contribution in [0, 0.1) is 5.41 Å². The van der Waals surface area contributed by atoms with Crippen molar-refractivity contribution in [2.75, 3.05) is 26.7 Å². The van der Waals surface area contributed by atoms with E-state index < -0.39 is 29.2 Å². The van der Waals surface area contributed by atoms with Crippen LogP contribution in [-0.4, -0.2) is 58.8 Å². The number of ether oxygens (including phenoxy) is 1. The maximum atomic E-state index is 13.7. The molecule has 37 heavy (non-hydrogen) atoms. The first-order chi connectivity index (χ1) is 17.1. The lowest BCUT2D eigenvalue weighted by atomic mass is 9.81. The second kappa shape index (κ2) is 9.49. The average Bonchev–Trinajstić information content (AvgIpc) is 3.24. The van der Waals surface area contributed by atoms with Crippen molar-refractivity contribution in [3.8, 4) is 5.75 Å². The highest BCUT2D eigenvalue weighted by molar-refractivity contribution is 5.98. The van der Waals surface area contributed by atoms with Gasteiger partial charge in [0.15, 0.2) is 5.78 Å². The van der Waals surface area contributed by atoms with Gasteiger partial charge in [-0.3, -0.25) is 14.5 Å². The van der Waals surface area contributed by atoms with Crippen molar-refractivity contribution in [1.29, 1.82) is 0 Å². The number of carbonyl (C=O) groups is 2. The van der Waals surface area contributed by atoms with Crippen LogP contribution >= 0.6 is 0 Å². The second-order valence-corrected chi connectivity index (χ2v) is 11.5. The van der Waals surface area contributed by atoms with Crippen molar-refractivity contribution >= 4 is 11.7 Å². The molecule has 9 heteroatoms. The molecule has 6 nitrogen and oxygen atoms in total. The number of benzene rings is 1. The summed E-state index contributed by atoms with van der Waals surface area (Å²) >= 11 is 0. The first-order valence-electron chi connectivity index (χ1n) is 12.8. The fourth-order valence-corrected chi connectivity index (χ4v) is 5.50. The monoisotopic (exact) mass is 519 g/mol. The number of hydrogen-bond acceptors (Lipinski definition) is 4. The number of halogens is 3. The predicted octanol–water partition coefficient (Wildman–Crippen LogP) is 5.60. The number of aromatic nitrogens is 1. The summed E-state index contributed by atoms with van der Waals surface area (Å²) in [5.74, 6) is -0.604. The summed E-state index contributed by atoms with van der Waals surface area (Å²) in [6, 6.07) is 7.46. The van der Waals surface area contributed by atoms with E-state index >= 15 is 0 Å². The highest BCUT2D eigenvalue weighted by atomic mass is 19.4. The summed E-state index contributed by atoms with van der Waals surface area (Å²) in [5, 5.41) is 0. The van der Waals surface area contributed by atoms with Gasteiger partial charge in [0.25, 0.3) is 5.91 Å². The van der Waals surface area contributed by atoms with Gasteiger partial charge in [0.2, 0.25) is 0 Å². The van der Waals surface area contributed by atoms with Crippen molar-refractivity contribution in [1.82, 2.24) is 14.4 Å². The first-order valence-corrected chi connectivity index (χ1v) is 12.8. The number of nitrogens with zero attached hydrogens (tertiary/aromatic N) is 3. The highest BCUT2D eigenvalue weighted by Crippen LogP contribution is 2.43. The molecule has 1 fully saturated rings. The number of fused-ring (bicyclic) bond motifs is 2. The molecule has 2 aromatic rings. The van der Waals surface area contributed by atoms with Crippen LogP contribution in [-0.2, 0) is 18.3 Å². The molecule has 0 bridgehead atoms. The molecule has 2 aliphatic heterocycles. The van der Waals surface area contributed by atoms with Crippen molar-refractivity contribution in [2.24, 2.45) is 5.41 Å². The Labute approximate surface area is 216 Å². The van der Waals surface area contributed by atoms with E-state index in [0.717, 1.165) is 18.3 Å². The van der Waals surface area contributed by atoms with Crippen LogP contribution in [0.5, 0.6) is 5.75 Å². The minimum Gasteiger partial charge on any atom is -0.490 e. The number of amides is 1. The lowest BCUT2D eigenvalue weighted by molar-refractivity contribution is -0.139. The molecule has 1 aromatic heterocycles. The van der Waals surface area contributed by atoms with Gasteiger partial charge in [-0.15, -0.1) is 0 Å². The number of carbonyl (C=O) groups excluding carboxylic acids is 2. The van der Waals surface area contributed by atoms with Crippen LogP contribution in [0.1, 0.15) is 79.6 Å². The van der Waals surface area contributed by atoms with E-state index in [1.807, 2.05) is 32.9 Å². The molecule has 0 N–H and O–H groups in total. The van der Waals surface area contributed by atoms with E-state index in [4.69, 9.17) is 4.74 Å². The number of likely N-dealkylation sites (N-methyl/N-ethyl adjacent to an activating group) is 1. The average molecular weight is 520 g/mol. The van der Waals surface area contributed by atoms with Gasteiger partial charge in [-0.05, 0) is 64.1 Å². The molecule has 0 radical (unpaired) electrons. The summed E-state index contributed by atoms with van der Waals surface area (Å²) in [6.07, 6.45) is -3.80. The Hall–Kier alpha value is -2.81. The topological polar surface area (TPSA) is 54.8 Å². The van der Waals surface area contributed by atoms with E-state index in [1.54, 1.807) is 18.7 Å². The van der Waals surface area contributed by atoms with Crippen LogP contribution in [0.2, 0.25) is 0 Å². The van der Waals surface area contributed by atoms with Gasteiger partial charge in [0.05, 0.1) is 22.9 Å². The van der Waals surface area contributed by atoms with Crippen molar-refractivity contribution in [3.63, 3.8) is 0 Å². The molecule has 3 heterocycles. The minimum atomic E-state index is -4.63.